The Labute approximate surface area is 186 Å². The zero-order valence-electron chi connectivity index (χ0n) is 18.1. The summed E-state index contributed by atoms with van der Waals surface area (Å²) in [6, 6.07) is 4.50. The first-order valence-electron chi connectivity index (χ1n) is 11.1. The summed E-state index contributed by atoms with van der Waals surface area (Å²) in [7, 11) is 1.59. The average molecular weight is 434 g/mol. The smallest absolute Gasteiger partial charge is 0.225 e. The fourth-order valence-electron chi connectivity index (χ4n) is 5.02. The molecular formula is C23H27N7O2. The van der Waals surface area contributed by atoms with Gasteiger partial charge in [-0.05, 0) is 38.2 Å². The number of nitrogens with zero attached hydrogens (tertiary/aromatic N) is 6. The van der Waals surface area contributed by atoms with Gasteiger partial charge in [-0.2, -0.15) is 15.5 Å². The summed E-state index contributed by atoms with van der Waals surface area (Å²) in [5.74, 6) is 0.975. The highest BCUT2D eigenvalue weighted by Crippen LogP contribution is 2.32. The van der Waals surface area contributed by atoms with Gasteiger partial charge < -0.3 is 15.4 Å². The number of carbonyl (C=O) groups excluding carboxylic acids is 1. The number of methoxy groups -OCH3 is 1. The van der Waals surface area contributed by atoms with Crippen molar-refractivity contribution in [2.45, 2.75) is 44.2 Å². The maximum Gasteiger partial charge on any atom is 0.225 e. The molecule has 0 unspecified atom stereocenters. The summed E-state index contributed by atoms with van der Waals surface area (Å²) < 4.78 is 9.18. The maximum atomic E-state index is 12.8. The van der Waals surface area contributed by atoms with Crippen LogP contribution in [0.3, 0.4) is 0 Å². The standard InChI is InChI=1S/C23H27N7O2/c1-32-21-9-16(13-30-22(21)17(10-24)11-27-30)18-12-26-29(14-18)20-4-6-28(7-5-20)23(31)15-2-3-19(25)8-15/h9,11-15,19-20H,2-8,25H2,1H3/t15-,19-/m1/s1. The molecule has 3 aromatic rings. The van der Waals surface area contributed by atoms with Crippen molar-refractivity contribution in [1.82, 2.24) is 24.3 Å². The van der Waals surface area contributed by atoms with Crippen molar-refractivity contribution in [1.29, 1.82) is 5.26 Å². The van der Waals surface area contributed by atoms with E-state index in [1.54, 1.807) is 17.8 Å². The molecule has 1 aliphatic heterocycles. The number of pyridine rings is 1. The van der Waals surface area contributed by atoms with Crippen molar-refractivity contribution < 1.29 is 9.53 Å². The molecular weight excluding hydrogens is 406 g/mol. The van der Waals surface area contributed by atoms with Crippen LogP contribution < -0.4 is 10.5 Å². The van der Waals surface area contributed by atoms with E-state index < -0.39 is 0 Å². The van der Waals surface area contributed by atoms with Crippen LogP contribution in [0.15, 0.2) is 30.9 Å². The van der Waals surface area contributed by atoms with Crippen LogP contribution in [0, 0.1) is 17.2 Å². The second kappa shape index (κ2) is 8.28. The van der Waals surface area contributed by atoms with Crippen LogP contribution in [0.2, 0.25) is 0 Å². The molecule has 1 saturated heterocycles. The molecule has 2 N–H and O–H groups in total. The molecule has 0 bridgehead atoms. The minimum atomic E-state index is 0.103. The lowest BCUT2D eigenvalue weighted by atomic mass is 10.0. The van der Waals surface area contributed by atoms with Crippen LogP contribution in [0.4, 0.5) is 0 Å². The molecule has 166 valence electrons. The Balaban J connectivity index is 1.30. The van der Waals surface area contributed by atoms with Crippen LogP contribution in [0.5, 0.6) is 5.75 Å². The van der Waals surface area contributed by atoms with Crippen LogP contribution in [-0.2, 0) is 4.79 Å². The SMILES string of the molecule is COc1cc(-c2cnn(C3CCN(C(=O)[C@@H]4CC[C@@H](N)C4)CC3)c2)cn2ncc(C#N)c12. The molecule has 9 nitrogen and oxygen atoms in total. The second-order valence-corrected chi connectivity index (χ2v) is 8.80. The van der Waals surface area contributed by atoms with Crippen molar-refractivity contribution in [3.63, 3.8) is 0 Å². The molecule has 1 amide bonds. The first-order valence-corrected chi connectivity index (χ1v) is 11.1. The predicted octanol–water partition coefficient (Wildman–Crippen LogP) is 2.37. The van der Waals surface area contributed by atoms with E-state index in [9.17, 15) is 10.1 Å². The number of amides is 1. The fourth-order valence-corrected chi connectivity index (χ4v) is 5.02. The minimum Gasteiger partial charge on any atom is -0.494 e. The molecule has 32 heavy (non-hydrogen) atoms. The van der Waals surface area contributed by atoms with E-state index in [1.807, 2.05) is 34.2 Å². The van der Waals surface area contributed by atoms with Crippen molar-refractivity contribution >= 4 is 11.4 Å². The molecule has 1 saturated carbocycles. The zero-order valence-corrected chi connectivity index (χ0v) is 18.1. The van der Waals surface area contributed by atoms with Crippen molar-refractivity contribution in [3.8, 4) is 22.9 Å². The number of rotatable bonds is 4. The van der Waals surface area contributed by atoms with E-state index >= 15 is 0 Å². The fraction of sp³-hybridized carbons (Fsp3) is 0.478. The lowest BCUT2D eigenvalue weighted by Crippen LogP contribution is -2.42. The highest BCUT2D eigenvalue weighted by molar-refractivity contribution is 5.79. The second-order valence-electron chi connectivity index (χ2n) is 8.80. The number of hydrogen-bond acceptors (Lipinski definition) is 6. The zero-order chi connectivity index (χ0) is 22.2. The highest BCUT2D eigenvalue weighted by atomic mass is 16.5. The summed E-state index contributed by atoms with van der Waals surface area (Å²) in [4.78, 5) is 14.8. The van der Waals surface area contributed by atoms with Gasteiger partial charge in [-0.25, -0.2) is 4.52 Å². The lowest BCUT2D eigenvalue weighted by Gasteiger charge is -2.33. The number of ether oxygens (including phenoxy) is 1. The normalized spacial score (nSPS) is 21.7. The van der Waals surface area contributed by atoms with Crippen LogP contribution >= 0.6 is 0 Å². The lowest BCUT2D eigenvalue weighted by molar-refractivity contribution is -0.136. The Kier molecular flexibility index (Phi) is 5.31. The third-order valence-corrected chi connectivity index (χ3v) is 6.82. The predicted molar refractivity (Wildman–Crippen MR) is 118 cm³/mol. The van der Waals surface area contributed by atoms with Crippen molar-refractivity contribution in [2.24, 2.45) is 11.7 Å². The molecule has 2 atom stereocenters. The quantitative estimate of drug-likeness (QED) is 0.676. The topological polar surface area (TPSA) is 114 Å². The molecule has 0 spiro atoms. The van der Waals surface area contributed by atoms with Crippen LogP contribution in [0.1, 0.15) is 43.7 Å². The first kappa shape index (κ1) is 20.5. The van der Waals surface area contributed by atoms with Gasteiger partial charge in [-0.3, -0.25) is 9.48 Å². The molecule has 0 aromatic carbocycles. The van der Waals surface area contributed by atoms with Crippen LogP contribution in [0.25, 0.3) is 16.6 Å². The monoisotopic (exact) mass is 433 g/mol. The highest BCUT2D eigenvalue weighted by Gasteiger charge is 2.33. The van der Waals surface area contributed by atoms with Crippen LogP contribution in [-0.4, -0.2) is 56.4 Å². The van der Waals surface area contributed by atoms with Gasteiger partial charge in [0, 0.05) is 48.6 Å². The average Bonchev–Trinajstić information content (AvgIpc) is 3.57. The molecule has 1 aliphatic carbocycles. The Morgan fingerprint density at radius 2 is 1.97 bits per heavy atom. The number of likely N-dealkylation sites (tertiary alicyclic amines) is 1. The van der Waals surface area contributed by atoms with E-state index in [2.05, 4.69) is 16.3 Å². The summed E-state index contributed by atoms with van der Waals surface area (Å²) >= 11 is 0. The largest absolute Gasteiger partial charge is 0.494 e. The molecule has 3 aromatic heterocycles. The van der Waals surface area contributed by atoms with Gasteiger partial charge in [0.15, 0.2) is 0 Å². The van der Waals surface area contributed by atoms with Gasteiger partial charge in [0.2, 0.25) is 5.91 Å². The van der Waals surface area contributed by atoms with Gasteiger partial charge >= 0.3 is 0 Å². The van der Waals surface area contributed by atoms with E-state index in [0.29, 0.717) is 16.8 Å². The number of piperidine rings is 1. The Bertz CT molecular complexity index is 1180. The van der Waals surface area contributed by atoms with E-state index in [0.717, 1.165) is 56.3 Å². The molecule has 2 fully saturated rings. The van der Waals surface area contributed by atoms with Gasteiger partial charge in [0.1, 0.15) is 22.9 Å². The van der Waals surface area contributed by atoms with E-state index in [-0.39, 0.29) is 23.9 Å². The summed E-state index contributed by atoms with van der Waals surface area (Å²) in [6.45, 7) is 1.52. The number of nitrogens with two attached hydrogens (primary N) is 1. The minimum absolute atomic E-state index is 0.103. The number of fused-ring (bicyclic) bond motifs is 1. The molecule has 4 heterocycles. The molecule has 2 aliphatic rings. The Hall–Kier alpha value is -3.38. The van der Waals surface area contributed by atoms with Gasteiger partial charge in [0.05, 0.1) is 25.5 Å². The Morgan fingerprint density at radius 3 is 2.66 bits per heavy atom. The number of nitriles is 1. The summed E-state index contributed by atoms with van der Waals surface area (Å²) in [6.07, 6.45) is 11.8. The molecule has 5 rings (SSSR count). The maximum absolute atomic E-state index is 12.8. The third-order valence-electron chi connectivity index (χ3n) is 6.82. The first-order chi connectivity index (χ1) is 15.6. The van der Waals surface area contributed by atoms with Gasteiger partial charge in [0.25, 0.3) is 0 Å². The number of carbonyl (C=O) groups is 1. The summed E-state index contributed by atoms with van der Waals surface area (Å²) in [5, 5.41) is 18.2. The van der Waals surface area contributed by atoms with Gasteiger partial charge in [-0.15, -0.1) is 0 Å². The molecule has 9 heteroatoms. The summed E-state index contributed by atoms with van der Waals surface area (Å²) in [5.41, 5.74) is 8.99. The number of aromatic nitrogens is 4. The van der Waals surface area contributed by atoms with Gasteiger partial charge in [-0.1, -0.05) is 0 Å². The van der Waals surface area contributed by atoms with E-state index in [4.69, 9.17) is 10.5 Å². The number of hydrogen-bond donors (Lipinski definition) is 1. The third kappa shape index (κ3) is 3.60. The Morgan fingerprint density at radius 1 is 1.16 bits per heavy atom. The van der Waals surface area contributed by atoms with Crippen molar-refractivity contribution in [2.75, 3.05) is 20.2 Å². The molecule has 0 radical (unpaired) electrons. The van der Waals surface area contributed by atoms with Crippen molar-refractivity contribution in [3.05, 3.63) is 36.4 Å². The van der Waals surface area contributed by atoms with E-state index in [1.165, 1.54) is 0 Å².